The monoisotopic (exact) mass is 489 g/mol. The molecule has 3 aromatic rings. The lowest BCUT2D eigenvalue weighted by atomic mass is 10.2. The highest BCUT2D eigenvalue weighted by Gasteiger charge is 2.26. The molecular weight excluding hydrogens is 462 g/mol. The lowest BCUT2D eigenvalue weighted by Gasteiger charge is -2.22. The lowest BCUT2D eigenvalue weighted by Crippen LogP contribution is -2.38. The molecule has 36 heavy (non-hydrogen) atoms. The number of amides is 2. The lowest BCUT2D eigenvalue weighted by molar-refractivity contribution is -0.126. The van der Waals surface area contributed by atoms with Gasteiger partial charge >= 0.3 is 11.9 Å². The summed E-state index contributed by atoms with van der Waals surface area (Å²) < 4.78 is 10.5. The average molecular weight is 490 g/mol. The van der Waals surface area contributed by atoms with Gasteiger partial charge in [-0.2, -0.15) is 0 Å². The van der Waals surface area contributed by atoms with Crippen LogP contribution in [0.1, 0.15) is 34.8 Å². The summed E-state index contributed by atoms with van der Waals surface area (Å²) in [6, 6.07) is 22.0. The highest BCUT2D eigenvalue weighted by Crippen LogP contribution is 2.15. The number of anilines is 2. The van der Waals surface area contributed by atoms with Gasteiger partial charge in [-0.1, -0.05) is 42.5 Å². The van der Waals surface area contributed by atoms with Gasteiger partial charge in [0, 0.05) is 25.5 Å². The largest absolute Gasteiger partial charge is 0.448 e. The van der Waals surface area contributed by atoms with Crippen LogP contribution in [0.2, 0.25) is 0 Å². The first kappa shape index (κ1) is 26.1. The quantitative estimate of drug-likeness (QED) is 0.446. The highest BCUT2D eigenvalue weighted by molar-refractivity contribution is 6.00. The Bertz CT molecular complexity index is 1140. The van der Waals surface area contributed by atoms with Gasteiger partial charge in [0.25, 0.3) is 11.8 Å². The smallest absolute Gasteiger partial charge is 0.357 e. The van der Waals surface area contributed by atoms with E-state index in [0.717, 1.165) is 0 Å². The van der Waals surface area contributed by atoms with Gasteiger partial charge in [-0.25, -0.2) is 14.6 Å². The molecule has 1 heterocycles. The number of benzene rings is 2. The standard InChI is InChI=1S/C27H27N3O6/c1-18(24(31)29(3)20-12-7-5-8-13-20)35-26(33)22-16-11-17-23(28-22)27(34)36-19(2)25(32)30(4)21-14-9-6-10-15-21/h5-19H,1-4H3. The van der Waals surface area contributed by atoms with E-state index in [9.17, 15) is 19.2 Å². The van der Waals surface area contributed by atoms with Crippen molar-refractivity contribution in [1.82, 2.24) is 4.98 Å². The summed E-state index contributed by atoms with van der Waals surface area (Å²) in [5, 5.41) is 0. The zero-order valence-electron chi connectivity index (χ0n) is 20.5. The molecule has 0 aliphatic rings. The number of esters is 2. The van der Waals surface area contributed by atoms with Crippen LogP contribution in [0, 0.1) is 0 Å². The van der Waals surface area contributed by atoms with E-state index in [1.165, 1.54) is 41.8 Å². The first-order chi connectivity index (χ1) is 17.2. The molecule has 3 rings (SSSR count). The summed E-state index contributed by atoms with van der Waals surface area (Å²) in [6.07, 6.45) is -2.18. The molecule has 2 atom stereocenters. The van der Waals surface area contributed by atoms with Gasteiger partial charge in [0.2, 0.25) is 0 Å². The SMILES string of the molecule is CC(OC(=O)c1cccc(C(=O)OC(C)C(=O)N(C)c2ccccc2)n1)C(=O)N(C)c1ccccc1. The zero-order valence-corrected chi connectivity index (χ0v) is 20.5. The molecular formula is C27H27N3O6. The molecule has 0 aliphatic carbocycles. The number of likely N-dealkylation sites (N-methyl/N-ethyl adjacent to an activating group) is 2. The summed E-state index contributed by atoms with van der Waals surface area (Å²) in [6.45, 7) is 2.91. The topological polar surface area (TPSA) is 106 Å². The molecule has 0 radical (unpaired) electrons. The molecule has 0 N–H and O–H groups in total. The van der Waals surface area contributed by atoms with Crippen LogP contribution in [-0.4, -0.2) is 55.0 Å². The molecule has 0 bridgehead atoms. The minimum atomic E-state index is -1.09. The van der Waals surface area contributed by atoms with E-state index in [-0.39, 0.29) is 11.4 Å². The molecule has 1 aromatic heterocycles. The molecule has 186 valence electrons. The maximum Gasteiger partial charge on any atom is 0.357 e. The summed E-state index contributed by atoms with van der Waals surface area (Å²) in [4.78, 5) is 57.3. The van der Waals surface area contributed by atoms with Gasteiger partial charge in [0.1, 0.15) is 11.4 Å². The number of nitrogens with zero attached hydrogens (tertiary/aromatic N) is 3. The molecule has 0 aliphatic heterocycles. The van der Waals surface area contributed by atoms with E-state index in [4.69, 9.17) is 9.47 Å². The van der Waals surface area contributed by atoms with Crippen molar-refractivity contribution < 1.29 is 28.7 Å². The van der Waals surface area contributed by atoms with Gasteiger partial charge in [0.05, 0.1) is 0 Å². The van der Waals surface area contributed by atoms with E-state index in [1.54, 1.807) is 62.6 Å². The second-order valence-electron chi connectivity index (χ2n) is 7.97. The Balaban J connectivity index is 1.62. The number of ether oxygens (including phenoxy) is 2. The maximum atomic E-state index is 12.6. The highest BCUT2D eigenvalue weighted by atomic mass is 16.6. The zero-order chi connectivity index (χ0) is 26.2. The van der Waals surface area contributed by atoms with Crippen molar-refractivity contribution in [1.29, 1.82) is 0 Å². The fourth-order valence-corrected chi connectivity index (χ4v) is 3.31. The molecule has 2 amide bonds. The van der Waals surface area contributed by atoms with Crippen molar-refractivity contribution >= 4 is 35.1 Å². The number of carbonyl (C=O) groups is 4. The molecule has 9 heteroatoms. The van der Waals surface area contributed by atoms with Gasteiger partial charge < -0.3 is 19.3 Å². The van der Waals surface area contributed by atoms with Crippen LogP contribution >= 0.6 is 0 Å². The minimum absolute atomic E-state index is 0.174. The van der Waals surface area contributed by atoms with Gasteiger partial charge in [-0.05, 0) is 50.2 Å². The second-order valence-corrected chi connectivity index (χ2v) is 7.97. The van der Waals surface area contributed by atoms with Crippen LogP contribution in [0.15, 0.2) is 78.9 Å². The van der Waals surface area contributed by atoms with Crippen LogP contribution in [0.25, 0.3) is 0 Å². The Morgan fingerprint density at radius 2 is 0.972 bits per heavy atom. The normalized spacial score (nSPS) is 12.1. The fourth-order valence-electron chi connectivity index (χ4n) is 3.31. The third-order valence-electron chi connectivity index (χ3n) is 5.38. The number of pyridine rings is 1. The fraction of sp³-hybridized carbons (Fsp3) is 0.222. The Morgan fingerprint density at radius 1 is 0.611 bits per heavy atom. The molecule has 0 saturated heterocycles. The van der Waals surface area contributed by atoms with Crippen LogP contribution < -0.4 is 9.80 Å². The van der Waals surface area contributed by atoms with Gasteiger partial charge in [0.15, 0.2) is 12.2 Å². The van der Waals surface area contributed by atoms with E-state index in [1.807, 2.05) is 12.1 Å². The summed E-state index contributed by atoms with van der Waals surface area (Å²) in [7, 11) is 3.16. The summed E-state index contributed by atoms with van der Waals surface area (Å²) >= 11 is 0. The predicted molar refractivity (Wildman–Crippen MR) is 134 cm³/mol. The second kappa shape index (κ2) is 11.7. The van der Waals surface area contributed by atoms with Crippen molar-refractivity contribution in [3.05, 3.63) is 90.3 Å². The molecule has 0 saturated carbocycles. The summed E-state index contributed by atoms with van der Waals surface area (Å²) in [5.74, 6) is -2.61. The number of hydrogen-bond donors (Lipinski definition) is 0. The van der Waals surface area contributed by atoms with E-state index in [2.05, 4.69) is 4.98 Å². The molecule has 0 spiro atoms. The number of rotatable bonds is 8. The van der Waals surface area contributed by atoms with Crippen LogP contribution in [-0.2, 0) is 19.1 Å². The first-order valence-electron chi connectivity index (χ1n) is 11.2. The van der Waals surface area contributed by atoms with Gasteiger partial charge in [-0.15, -0.1) is 0 Å². The summed E-state index contributed by atoms with van der Waals surface area (Å²) in [5.41, 5.74) is 0.948. The van der Waals surface area contributed by atoms with Crippen molar-refractivity contribution in [3.63, 3.8) is 0 Å². The number of aromatic nitrogens is 1. The van der Waals surface area contributed by atoms with Crippen molar-refractivity contribution in [3.8, 4) is 0 Å². The number of para-hydroxylation sites is 2. The molecule has 2 unspecified atom stereocenters. The van der Waals surface area contributed by atoms with E-state index in [0.29, 0.717) is 11.4 Å². The maximum absolute atomic E-state index is 12.6. The first-order valence-corrected chi connectivity index (χ1v) is 11.2. The Labute approximate surface area is 209 Å². The predicted octanol–water partition coefficient (Wildman–Crippen LogP) is 3.50. The van der Waals surface area contributed by atoms with E-state index < -0.39 is 36.0 Å². The Hall–Kier alpha value is -4.53. The van der Waals surface area contributed by atoms with Crippen molar-refractivity contribution in [2.24, 2.45) is 0 Å². The number of hydrogen-bond acceptors (Lipinski definition) is 7. The van der Waals surface area contributed by atoms with Crippen molar-refractivity contribution in [2.45, 2.75) is 26.1 Å². The third-order valence-corrected chi connectivity index (χ3v) is 5.38. The molecule has 9 nitrogen and oxygen atoms in total. The Kier molecular flexibility index (Phi) is 8.51. The van der Waals surface area contributed by atoms with Crippen molar-refractivity contribution in [2.75, 3.05) is 23.9 Å². The molecule has 0 fully saturated rings. The van der Waals surface area contributed by atoms with Crippen LogP contribution in [0.3, 0.4) is 0 Å². The average Bonchev–Trinajstić information content (AvgIpc) is 2.92. The third kappa shape index (κ3) is 6.32. The number of carbonyl (C=O) groups excluding carboxylic acids is 4. The van der Waals surface area contributed by atoms with Crippen LogP contribution in [0.5, 0.6) is 0 Å². The van der Waals surface area contributed by atoms with Gasteiger partial charge in [-0.3, -0.25) is 9.59 Å². The molecule has 2 aromatic carbocycles. The Morgan fingerprint density at radius 3 is 1.33 bits per heavy atom. The van der Waals surface area contributed by atoms with Crippen LogP contribution in [0.4, 0.5) is 11.4 Å². The van der Waals surface area contributed by atoms with E-state index >= 15 is 0 Å². The minimum Gasteiger partial charge on any atom is -0.448 e.